The number of halogens is 1. The highest BCUT2D eigenvalue weighted by atomic mass is 35.5. The summed E-state index contributed by atoms with van der Waals surface area (Å²) in [6.07, 6.45) is 1.65. The first-order chi connectivity index (χ1) is 12.2. The highest BCUT2D eigenvalue weighted by Crippen LogP contribution is 2.14. The number of amides is 1. The van der Waals surface area contributed by atoms with Gasteiger partial charge in [-0.2, -0.15) is 0 Å². The van der Waals surface area contributed by atoms with Crippen molar-refractivity contribution in [3.63, 3.8) is 0 Å². The second kappa shape index (κ2) is 8.32. The fraction of sp³-hybridized carbons (Fsp3) is 0.368. The molecule has 1 aromatic heterocycles. The average molecular weight is 359 g/mol. The monoisotopic (exact) mass is 358 g/mol. The van der Waals surface area contributed by atoms with Crippen molar-refractivity contribution >= 4 is 23.3 Å². The Morgan fingerprint density at radius 1 is 1.12 bits per heavy atom. The summed E-state index contributed by atoms with van der Waals surface area (Å²) in [6, 6.07) is 11.2. The zero-order valence-electron chi connectivity index (χ0n) is 14.4. The molecule has 1 aliphatic rings. The molecule has 5 nitrogen and oxygen atoms in total. The van der Waals surface area contributed by atoms with E-state index in [1.807, 2.05) is 36.4 Å². The molecule has 132 valence electrons. The second-order valence-electron chi connectivity index (χ2n) is 6.14. The predicted octanol–water partition coefficient (Wildman–Crippen LogP) is 2.81. The number of benzene rings is 1. The minimum atomic E-state index is -0.121. The average Bonchev–Trinajstić information content (AvgIpc) is 2.67. The van der Waals surface area contributed by atoms with Gasteiger partial charge in [-0.1, -0.05) is 30.7 Å². The van der Waals surface area contributed by atoms with E-state index in [4.69, 9.17) is 11.6 Å². The van der Waals surface area contributed by atoms with Crippen LogP contribution in [-0.2, 0) is 6.54 Å². The number of hydrogen-bond donors (Lipinski definition) is 1. The number of carbonyl (C=O) groups excluding carboxylic acids is 1. The van der Waals surface area contributed by atoms with Crippen molar-refractivity contribution < 1.29 is 4.79 Å². The third kappa shape index (κ3) is 4.71. The quantitative estimate of drug-likeness (QED) is 0.892. The molecule has 2 heterocycles. The van der Waals surface area contributed by atoms with Crippen molar-refractivity contribution in [3.05, 3.63) is 58.7 Å². The highest BCUT2D eigenvalue weighted by molar-refractivity contribution is 6.30. The summed E-state index contributed by atoms with van der Waals surface area (Å²) in [5.74, 6) is 0.815. The van der Waals surface area contributed by atoms with Crippen molar-refractivity contribution in [1.29, 1.82) is 0 Å². The molecule has 0 spiro atoms. The molecule has 1 aliphatic heterocycles. The van der Waals surface area contributed by atoms with Gasteiger partial charge in [0.2, 0.25) is 0 Å². The van der Waals surface area contributed by atoms with Crippen LogP contribution >= 0.6 is 11.6 Å². The molecule has 1 N–H and O–H groups in total. The third-order valence-electron chi connectivity index (χ3n) is 4.52. The Bertz CT molecular complexity index is 694. The lowest BCUT2D eigenvalue weighted by atomic mass is 10.2. The zero-order chi connectivity index (χ0) is 17.6. The van der Waals surface area contributed by atoms with Crippen LogP contribution in [0, 0.1) is 0 Å². The minimum absolute atomic E-state index is 0.121. The van der Waals surface area contributed by atoms with Crippen LogP contribution in [0.1, 0.15) is 22.8 Å². The molecule has 0 saturated carbocycles. The van der Waals surface area contributed by atoms with Crippen molar-refractivity contribution in [2.24, 2.45) is 0 Å². The standard InChI is InChI=1S/C19H23ClN4O/c1-2-23-9-11-24(12-10-23)18-8-5-16(14-21-18)19(25)22-13-15-3-6-17(20)7-4-15/h3-8,14H,2,9-13H2,1H3,(H,22,25). The zero-order valence-corrected chi connectivity index (χ0v) is 15.2. The van der Waals surface area contributed by atoms with E-state index >= 15 is 0 Å². The van der Waals surface area contributed by atoms with Gasteiger partial charge in [-0.15, -0.1) is 0 Å². The lowest BCUT2D eigenvalue weighted by Gasteiger charge is -2.34. The molecule has 25 heavy (non-hydrogen) atoms. The maximum absolute atomic E-state index is 12.3. The van der Waals surface area contributed by atoms with E-state index in [0.29, 0.717) is 17.1 Å². The van der Waals surface area contributed by atoms with Gasteiger partial charge in [-0.05, 0) is 36.4 Å². The van der Waals surface area contributed by atoms with Gasteiger partial charge in [-0.3, -0.25) is 4.79 Å². The molecule has 6 heteroatoms. The summed E-state index contributed by atoms with van der Waals surface area (Å²) in [6.45, 7) is 7.81. The van der Waals surface area contributed by atoms with Crippen molar-refractivity contribution in [2.45, 2.75) is 13.5 Å². The van der Waals surface area contributed by atoms with Gasteiger partial charge in [0.15, 0.2) is 0 Å². The van der Waals surface area contributed by atoms with Crippen LogP contribution in [0.5, 0.6) is 0 Å². The normalized spacial score (nSPS) is 15.2. The fourth-order valence-electron chi connectivity index (χ4n) is 2.89. The largest absolute Gasteiger partial charge is 0.354 e. The Labute approximate surface area is 153 Å². The van der Waals surface area contributed by atoms with E-state index < -0.39 is 0 Å². The van der Waals surface area contributed by atoms with Crippen molar-refractivity contribution in [3.8, 4) is 0 Å². The molecule has 3 rings (SSSR count). The van der Waals surface area contributed by atoms with Gasteiger partial charge >= 0.3 is 0 Å². The molecule has 1 amide bonds. The van der Waals surface area contributed by atoms with Crippen LogP contribution in [0.25, 0.3) is 0 Å². The lowest BCUT2D eigenvalue weighted by Crippen LogP contribution is -2.46. The maximum atomic E-state index is 12.3. The number of piperazine rings is 1. The first kappa shape index (κ1) is 17.7. The van der Waals surface area contributed by atoms with Crippen molar-refractivity contribution in [2.75, 3.05) is 37.6 Å². The summed E-state index contributed by atoms with van der Waals surface area (Å²) in [4.78, 5) is 21.4. The van der Waals surface area contributed by atoms with E-state index in [1.54, 1.807) is 6.20 Å². The van der Waals surface area contributed by atoms with Crippen LogP contribution in [0.4, 0.5) is 5.82 Å². The van der Waals surface area contributed by atoms with Gasteiger partial charge < -0.3 is 15.1 Å². The van der Waals surface area contributed by atoms with Crippen LogP contribution < -0.4 is 10.2 Å². The Kier molecular flexibility index (Phi) is 5.89. The number of pyridine rings is 1. The molecule has 1 aromatic carbocycles. The third-order valence-corrected chi connectivity index (χ3v) is 4.77. The van der Waals surface area contributed by atoms with E-state index in [9.17, 15) is 4.79 Å². The van der Waals surface area contributed by atoms with Crippen molar-refractivity contribution in [1.82, 2.24) is 15.2 Å². The van der Waals surface area contributed by atoms with Crippen LogP contribution in [0.15, 0.2) is 42.6 Å². The summed E-state index contributed by atoms with van der Waals surface area (Å²) < 4.78 is 0. The van der Waals surface area contributed by atoms with Crippen LogP contribution in [0.3, 0.4) is 0 Å². The number of nitrogens with zero attached hydrogens (tertiary/aromatic N) is 3. The topological polar surface area (TPSA) is 48.5 Å². The highest BCUT2D eigenvalue weighted by Gasteiger charge is 2.17. The summed E-state index contributed by atoms with van der Waals surface area (Å²) in [7, 11) is 0. The predicted molar refractivity (Wildman–Crippen MR) is 101 cm³/mol. The van der Waals surface area contributed by atoms with Crippen LogP contribution in [-0.4, -0.2) is 48.5 Å². The minimum Gasteiger partial charge on any atom is -0.354 e. The molecular formula is C19H23ClN4O. The van der Waals surface area contributed by atoms with Gasteiger partial charge in [-0.25, -0.2) is 4.98 Å². The number of carbonyl (C=O) groups is 1. The smallest absolute Gasteiger partial charge is 0.253 e. The lowest BCUT2D eigenvalue weighted by molar-refractivity contribution is 0.0950. The van der Waals surface area contributed by atoms with E-state index in [0.717, 1.165) is 44.1 Å². The number of rotatable bonds is 5. The van der Waals surface area contributed by atoms with E-state index in [2.05, 4.69) is 27.0 Å². The molecule has 0 unspecified atom stereocenters. The maximum Gasteiger partial charge on any atom is 0.253 e. The summed E-state index contributed by atoms with van der Waals surface area (Å²) >= 11 is 5.86. The Morgan fingerprint density at radius 2 is 1.84 bits per heavy atom. The van der Waals surface area contributed by atoms with E-state index in [-0.39, 0.29) is 5.91 Å². The number of anilines is 1. The first-order valence-electron chi connectivity index (χ1n) is 8.61. The number of likely N-dealkylation sites (N-methyl/N-ethyl adjacent to an activating group) is 1. The first-order valence-corrected chi connectivity index (χ1v) is 8.99. The van der Waals surface area contributed by atoms with E-state index in [1.165, 1.54) is 0 Å². The Hall–Kier alpha value is -2.11. The number of hydrogen-bond acceptors (Lipinski definition) is 4. The van der Waals surface area contributed by atoms with Gasteiger partial charge in [0.1, 0.15) is 5.82 Å². The molecule has 2 aromatic rings. The second-order valence-corrected chi connectivity index (χ2v) is 6.57. The van der Waals surface area contributed by atoms with Gasteiger partial charge in [0, 0.05) is 43.9 Å². The number of aromatic nitrogens is 1. The molecule has 0 aliphatic carbocycles. The summed E-state index contributed by atoms with van der Waals surface area (Å²) in [5, 5.41) is 3.59. The fourth-order valence-corrected chi connectivity index (χ4v) is 3.01. The molecule has 0 bridgehead atoms. The summed E-state index contributed by atoms with van der Waals surface area (Å²) in [5.41, 5.74) is 1.58. The van der Waals surface area contributed by atoms with Crippen LogP contribution in [0.2, 0.25) is 5.02 Å². The molecule has 0 atom stereocenters. The van der Waals surface area contributed by atoms with Gasteiger partial charge in [0.25, 0.3) is 5.91 Å². The molecule has 1 fully saturated rings. The Balaban J connectivity index is 1.54. The SMILES string of the molecule is CCN1CCN(c2ccc(C(=O)NCc3ccc(Cl)cc3)cn2)CC1. The number of nitrogens with one attached hydrogen (secondary N) is 1. The molecule has 0 radical (unpaired) electrons. The Morgan fingerprint density at radius 3 is 2.44 bits per heavy atom. The van der Waals surface area contributed by atoms with Gasteiger partial charge in [0.05, 0.1) is 5.56 Å². The molecule has 1 saturated heterocycles. The molecular weight excluding hydrogens is 336 g/mol.